The molecule has 192 valence electrons. The van der Waals surface area contributed by atoms with E-state index in [2.05, 4.69) is 53.7 Å². The Morgan fingerprint density at radius 1 is 0.622 bits per heavy atom. The van der Waals surface area contributed by atoms with Crippen molar-refractivity contribution < 1.29 is 19.1 Å². The third-order valence-electron chi connectivity index (χ3n) is 7.83. The molecule has 2 aliphatic carbocycles. The average Bonchev–Trinajstić information content (AvgIpc) is 3.40. The molecule has 0 amide bonds. The van der Waals surface area contributed by atoms with E-state index >= 15 is 0 Å². The highest BCUT2D eigenvalue weighted by Gasteiger charge is 2.55. The first kappa shape index (κ1) is 25.3. The second kappa shape index (κ2) is 9.16. The second-order valence-corrected chi connectivity index (χ2v) is 12.5. The minimum atomic E-state index is -0.527. The first-order chi connectivity index (χ1) is 17.4. The van der Waals surface area contributed by atoms with E-state index in [1.54, 1.807) is 12.1 Å². The molecule has 0 heterocycles. The Morgan fingerprint density at radius 3 is 1.41 bits per heavy atom. The highest BCUT2D eigenvalue weighted by Crippen LogP contribution is 2.55. The van der Waals surface area contributed by atoms with Gasteiger partial charge >= 0.3 is 11.9 Å². The van der Waals surface area contributed by atoms with Gasteiger partial charge in [-0.2, -0.15) is 0 Å². The first-order valence-corrected chi connectivity index (χ1v) is 13.2. The van der Waals surface area contributed by atoms with Gasteiger partial charge in [-0.1, -0.05) is 90.1 Å². The van der Waals surface area contributed by atoms with E-state index in [1.165, 1.54) is 11.1 Å². The lowest BCUT2D eigenvalue weighted by Gasteiger charge is -2.32. The highest BCUT2D eigenvalue weighted by atomic mass is 16.6. The molecule has 2 bridgehead atoms. The van der Waals surface area contributed by atoms with Gasteiger partial charge in [-0.3, -0.25) is 0 Å². The van der Waals surface area contributed by atoms with Gasteiger partial charge in [0.05, 0.1) is 11.1 Å². The molecule has 0 saturated heterocycles. The van der Waals surface area contributed by atoms with Gasteiger partial charge in [-0.15, -0.1) is 0 Å². The van der Waals surface area contributed by atoms with E-state index in [0.717, 1.165) is 17.5 Å². The quantitative estimate of drug-likeness (QED) is 0.355. The van der Waals surface area contributed by atoms with Crippen LogP contribution in [0, 0.1) is 0 Å². The maximum Gasteiger partial charge on any atom is 0.338 e. The SMILES string of the molecule is CC(C)(C)c1cccc(C(=O)OC2C3CC(c4ccccc43)C2OC(=O)c2cccc(C(C)(C)C)c2)c1. The summed E-state index contributed by atoms with van der Waals surface area (Å²) in [4.78, 5) is 26.7. The molecule has 4 nitrogen and oxygen atoms in total. The molecule has 0 aliphatic heterocycles. The molecule has 1 saturated carbocycles. The molecule has 3 aromatic carbocycles. The van der Waals surface area contributed by atoms with Crippen molar-refractivity contribution in [3.05, 3.63) is 106 Å². The molecule has 5 rings (SSSR count). The van der Waals surface area contributed by atoms with Crippen LogP contribution in [0.3, 0.4) is 0 Å². The predicted octanol–water partition coefficient (Wildman–Crippen LogP) is 7.32. The largest absolute Gasteiger partial charge is 0.454 e. The van der Waals surface area contributed by atoms with Gasteiger partial charge in [0, 0.05) is 11.8 Å². The van der Waals surface area contributed by atoms with Gasteiger partial charge in [0.15, 0.2) is 0 Å². The van der Waals surface area contributed by atoms with Crippen molar-refractivity contribution >= 4 is 11.9 Å². The molecule has 2 aliphatic rings. The standard InChI is InChI=1S/C33H36O4/c1-32(2,3)22-13-9-11-20(17-22)30(34)36-28-26-19-27(25-16-8-7-15-24(25)26)29(28)37-31(35)21-12-10-14-23(18-21)33(4,5)6/h7-18,26-29H,19H2,1-6H3. The molecule has 0 aromatic heterocycles. The Morgan fingerprint density at radius 2 is 1.03 bits per heavy atom. The van der Waals surface area contributed by atoms with Gasteiger partial charge in [0.1, 0.15) is 12.2 Å². The van der Waals surface area contributed by atoms with Crippen LogP contribution in [-0.2, 0) is 20.3 Å². The van der Waals surface area contributed by atoms with Crippen LogP contribution in [0.4, 0.5) is 0 Å². The molecule has 4 heteroatoms. The van der Waals surface area contributed by atoms with Gasteiger partial charge < -0.3 is 9.47 Å². The van der Waals surface area contributed by atoms with Gasteiger partial charge in [0.2, 0.25) is 0 Å². The van der Waals surface area contributed by atoms with Crippen molar-refractivity contribution in [3.8, 4) is 0 Å². The summed E-state index contributed by atoms with van der Waals surface area (Å²) in [6.07, 6.45) is -0.250. The summed E-state index contributed by atoms with van der Waals surface area (Å²) in [5, 5.41) is 0. The fourth-order valence-electron chi connectivity index (χ4n) is 5.70. The normalized spacial score (nSPS) is 22.4. The fraction of sp³-hybridized carbons (Fsp3) is 0.394. The molecule has 3 aromatic rings. The van der Waals surface area contributed by atoms with Crippen LogP contribution in [0.15, 0.2) is 72.8 Å². The summed E-state index contributed by atoms with van der Waals surface area (Å²) < 4.78 is 12.3. The zero-order valence-electron chi connectivity index (χ0n) is 22.6. The lowest BCUT2D eigenvalue weighted by molar-refractivity contribution is -0.0348. The number of benzene rings is 3. The Balaban J connectivity index is 1.43. The topological polar surface area (TPSA) is 52.6 Å². The number of rotatable bonds is 4. The maximum atomic E-state index is 13.4. The molecule has 37 heavy (non-hydrogen) atoms. The summed E-state index contributed by atoms with van der Waals surface area (Å²) in [5.41, 5.74) is 5.40. The molecule has 0 radical (unpaired) electrons. The molecule has 0 spiro atoms. The lowest BCUT2D eigenvalue weighted by atomic mass is 9.86. The van der Waals surface area contributed by atoms with E-state index in [-0.39, 0.29) is 34.6 Å². The number of carbonyl (C=O) groups excluding carboxylic acids is 2. The third kappa shape index (κ3) is 4.82. The van der Waals surface area contributed by atoms with Crippen molar-refractivity contribution in [1.29, 1.82) is 0 Å². The molecule has 4 unspecified atom stereocenters. The van der Waals surface area contributed by atoms with Crippen LogP contribution in [0.1, 0.15) is 103 Å². The summed E-state index contributed by atoms with van der Waals surface area (Å²) in [7, 11) is 0. The zero-order valence-corrected chi connectivity index (χ0v) is 22.6. The summed E-state index contributed by atoms with van der Waals surface area (Å²) >= 11 is 0. The minimum Gasteiger partial charge on any atom is -0.454 e. The van der Waals surface area contributed by atoms with Crippen molar-refractivity contribution in [2.24, 2.45) is 0 Å². The molecular weight excluding hydrogens is 460 g/mol. The number of esters is 2. The molecular formula is C33H36O4. The van der Waals surface area contributed by atoms with Crippen LogP contribution in [0.2, 0.25) is 0 Å². The fourth-order valence-corrected chi connectivity index (χ4v) is 5.70. The Bertz CT molecular complexity index is 1240. The van der Waals surface area contributed by atoms with E-state index in [1.807, 2.05) is 48.5 Å². The number of ether oxygens (including phenoxy) is 2. The predicted molar refractivity (Wildman–Crippen MR) is 145 cm³/mol. The van der Waals surface area contributed by atoms with Crippen LogP contribution in [0.25, 0.3) is 0 Å². The van der Waals surface area contributed by atoms with Crippen molar-refractivity contribution in [2.75, 3.05) is 0 Å². The molecule has 4 atom stereocenters. The molecule has 0 N–H and O–H groups in total. The van der Waals surface area contributed by atoms with E-state index in [4.69, 9.17) is 9.47 Å². The van der Waals surface area contributed by atoms with Crippen molar-refractivity contribution in [1.82, 2.24) is 0 Å². The Hall–Kier alpha value is -3.40. The number of hydrogen-bond acceptors (Lipinski definition) is 4. The lowest BCUT2D eigenvalue weighted by Crippen LogP contribution is -2.39. The maximum absolute atomic E-state index is 13.4. The van der Waals surface area contributed by atoms with Crippen LogP contribution in [0.5, 0.6) is 0 Å². The van der Waals surface area contributed by atoms with Gasteiger partial charge in [-0.25, -0.2) is 9.59 Å². The first-order valence-electron chi connectivity index (χ1n) is 13.2. The Labute approximate surface area is 220 Å². The van der Waals surface area contributed by atoms with Crippen molar-refractivity contribution in [2.45, 2.75) is 82.8 Å². The van der Waals surface area contributed by atoms with E-state index in [9.17, 15) is 9.59 Å². The van der Waals surface area contributed by atoms with E-state index in [0.29, 0.717) is 11.1 Å². The zero-order chi connectivity index (χ0) is 26.5. The van der Waals surface area contributed by atoms with E-state index < -0.39 is 12.2 Å². The second-order valence-electron chi connectivity index (χ2n) is 12.5. The summed E-state index contributed by atoms with van der Waals surface area (Å²) in [5.74, 6) is -0.738. The minimum absolute atomic E-state index is 0.00894. The third-order valence-corrected chi connectivity index (χ3v) is 7.83. The summed E-state index contributed by atoms with van der Waals surface area (Å²) in [6, 6.07) is 23.5. The van der Waals surface area contributed by atoms with Crippen LogP contribution < -0.4 is 0 Å². The Kier molecular flexibility index (Phi) is 6.26. The number of hydrogen-bond donors (Lipinski definition) is 0. The number of fused-ring (bicyclic) bond motifs is 5. The average molecular weight is 497 g/mol. The monoisotopic (exact) mass is 496 g/mol. The van der Waals surface area contributed by atoms with Gasteiger partial charge in [0.25, 0.3) is 0 Å². The summed E-state index contributed by atoms with van der Waals surface area (Å²) in [6.45, 7) is 12.7. The molecule has 1 fully saturated rings. The smallest absolute Gasteiger partial charge is 0.338 e. The highest BCUT2D eigenvalue weighted by molar-refractivity contribution is 5.91. The van der Waals surface area contributed by atoms with Crippen LogP contribution >= 0.6 is 0 Å². The van der Waals surface area contributed by atoms with Crippen LogP contribution in [-0.4, -0.2) is 24.1 Å². The number of carbonyl (C=O) groups is 2. The van der Waals surface area contributed by atoms with Crippen molar-refractivity contribution in [3.63, 3.8) is 0 Å². The van der Waals surface area contributed by atoms with Gasteiger partial charge in [-0.05, 0) is 63.8 Å².